The SMILES string of the molecule is CC(C)C(=O)CCCC[N+](C)(C)C. The molecule has 0 aromatic carbocycles. The Kier molecular flexibility index (Phi) is 5.23. The highest BCUT2D eigenvalue weighted by atomic mass is 16.1. The summed E-state index contributed by atoms with van der Waals surface area (Å²) in [5.74, 6) is 0.616. The van der Waals surface area contributed by atoms with Gasteiger partial charge in [-0.3, -0.25) is 4.79 Å². The molecule has 13 heavy (non-hydrogen) atoms. The van der Waals surface area contributed by atoms with E-state index in [-0.39, 0.29) is 5.92 Å². The Balaban J connectivity index is 3.42. The molecule has 0 radical (unpaired) electrons. The summed E-state index contributed by atoms with van der Waals surface area (Å²) in [7, 11) is 6.55. The molecule has 0 saturated heterocycles. The third-order valence-electron chi connectivity index (χ3n) is 2.15. The van der Waals surface area contributed by atoms with E-state index in [9.17, 15) is 4.79 Å². The Morgan fingerprint density at radius 1 is 1.15 bits per heavy atom. The summed E-state index contributed by atoms with van der Waals surface area (Å²) < 4.78 is 0.996. The topological polar surface area (TPSA) is 17.1 Å². The number of rotatable bonds is 6. The first-order chi connectivity index (χ1) is 5.83. The van der Waals surface area contributed by atoms with Crippen LogP contribution >= 0.6 is 0 Å². The Bertz CT molecular complexity index is 156. The smallest absolute Gasteiger partial charge is 0.135 e. The van der Waals surface area contributed by atoms with Gasteiger partial charge in [-0.2, -0.15) is 0 Å². The van der Waals surface area contributed by atoms with Crippen LogP contribution in [0.4, 0.5) is 0 Å². The monoisotopic (exact) mass is 186 g/mol. The number of hydrogen-bond donors (Lipinski definition) is 0. The van der Waals surface area contributed by atoms with E-state index in [4.69, 9.17) is 0 Å². The molecular formula is C11H24NO+. The molecule has 0 aliphatic heterocycles. The van der Waals surface area contributed by atoms with Gasteiger partial charge in [-0.25, -0.2) is 0 Å². The second kappa shape index (κ2) is 5.38. The third kappa shape index (κ3) is 7.97. The lowest BCUT2D eigenvalue weighted by Gasteiger charge is -2.23. The van der Waals surface area contributed by atoms with Crippen molar-refractivity contribution in [3.8, 4) is 0 Å². The van der Waals surface area contributed by atoms with Crippen LogP contribution in [0, 0.1) is 5.92 Å². The van der Waals surface area contributed by atoms with Crippen LogP contribution in [0.2, 0.25) is 0 Å². The van der Waals surface area contributed by atoms with E-state index in [1.807, 2.05) is 13.8 Å². The lowest BCUT2D eigenvalue weighted by atomic mass is 10.0. The van der Waals surface area contributed by atoms with Crippen molar-refractivity contribution in [3.63, 3.8) is 0 Å². The van der Waals surface area contributed by atoms with Crippen molar-refractivity contribution in [1.82, 2.24) is 0 Å². The average Bonchev–Trinajstić information content (AvgIpc) is 1.95. The maximum Gasteiger partial charge on any atom is 0.135 e. The normalized spacial score (nSPS) is 12.2. The number of quaternary nitrogens is 1. The number of nitrogens with zero attached hydrogens (tertiary/aromatic N) is 1. The van der Waals surface area contributed by atoms with Crippen LogP contribution in [0.1, 0.15) is 33.1 Å². The van der Waals surface area contributed by atoms with Crippen molar-refractivity contribution in [2.75, 3.05) is 27.7 Å². The van der Waals surface area contributed by atoms with Gasteiger partial charge in [-0.05, 0) is 12.8 Å². The Morgan fingerprint density at radius 2 is 1.69 bits per heavy atom. The highest BCUT2D eigenvalue weighted by Crippen LogP contribution is 2.05. The lowest BCUT2D eigenvalue weighted by Crippen LogP contribution is -2.35. The molecule has 0 amide bonds. The molecule has 0 fully saturated rings. The van der Waals surface area contributed by atoms with Crippen molar-refractivity contribution in [2.24, 2.45) is 5.92 Å². The third-order valence-corrected chi connectivity index (χ3v) is 2.15. The van der Waals surface area contributed by atoms with Crippen LogP contribution in [-0.2, 0) is 4.79 Å². The molecule has 0 rings (SSSR count). The van der Waals surface area contributed by atoms with Crippen molar-refractivity contribution in [3.05, 3.63) is 0 Å². The Morgan fingerprint density at radius 3 is 2.08 bits per heavy atom. The fourth-order valence-corrected chi connectivity index (χ4v) is 1.17. The standard InChI is InChI=1S/C11H24NO/c1-10(2)11(13)8-6-7-9-12(3,4)5/h10H,6-9H2,1-5H3/q+1. The largest absolute Gasteiger partial charge is 0.331 e. The van der Waals surface area contributed by atoms with E-state index in [0.717, 1.165) is 30.3 Å². The van der Waals surface area contributed by atoms with E-state index in [1.165, 1.54) is 0 Å². The molecular weight excluding hydrogens is 162 g/mol. The molecule has 0 heterocycles. The van der Waals surface area contributed by atoms with Crippen LogP contribution in [0.25, 0.3) is 0 Å². The van der Waals surface area contributed by atoms with E-state index in [1.54, 1.807) is 0 Å². The van der Waals surface area contributed by atoms with Crippen molar-refractivity contribution in [2.45, 2.75) is 33.1 Å². The zero-order valence-electron chi connectivity index (χ0n) is 9.76. The van der Waals surface area contributed by atoms with Gasteiger partial charge in [0, 0.05) is 12.3 Å². The molecule has 2 nitrogen and oxygen atoms in total. The van der Waals surface area contributed by atoms with E-state index in [0.29, 0.717) is 5.78 Å². The number of ketones is 1. The summed E-state index contributed by atoms with van der Waals surface area (Å²) in [6.45, 7) is 5.11. The van der Waals surface area contributed by atoms with Crippen LogP contribution in [-0.4, -0.2) is 38.0 Å². The summed E-state index contributed by atoms with van der Waals surface area (Å²) in [4.78, 5) is 11.3. The summed E-state index contributed by atoms with van der Waals surface area (Å²) in [6.07, 6.45) is 2.96. The Hall–Kier alpha value is -0.370. The van der Waals surface area contributed by atoms with Crippen molar-refractivity contribution < 1.29 is 9.28 Å². The average molecular weight is 186 g/mol. The van der Waals surface area contributed by atoms with Crippen LogP contribution in [0.5, 0.6) is 0 Å². The van der Waals surface area contributed by atoms with Crippen molar-refractivity contribution in [1.29, 1.82) is 0 Å². The molecule has 0 unspecified atom stereocenters. The summed E-state index contributed by atoms with van der Waals surface area (Å²) in [5, 5.41) is 0. The number of carbonyl (C=O) groups is 1. The summed E-state index contributed by atoms with van der Waals surface area (Å²) in [6, 6.07) is 0. The fourth-order valence-electron chi connectivity index (χ4n) is 1.17. The van der Waals surface area contributed by atoms with Crippen LogP contribution in [0.15, 0.2) is 0 Å². The first-order valence-corrected chi connectivity index (χ1v) is 5.16. The first kappa shape index (κ1) is 12.6. The molecule has 0 atom stereocenters. The summed E-state index contributed by atoms with van der Waals surface area (Å²) in [5.41, 5.74) is 0. The highest BCUT2D eigenvalue weighted by molar-refractivity contribution is 5.80. The molecule has 0 aliphatic carbocycles. The fraction of sp³-hybridized carbons (Fsp3) is 0.909. The Labute approximate surface area is 82.5 Å². The zero-order chi connectivity index (χ0) is 10.5. The molecule has 0 spiro atoms. The lowest BCUT2D eigenvalue weighted by molar-refractivity contribution is -0.870. The minimum absolute atomic E-state index is 0.212. The molecule has 0 bridgehead atoms. The van der Waals surface area contributed by atoms with Gasteiger partial charge in [0.1, 0.15) is 5.78 Å². The predicted molar refractivity (Wildman–Crippen MR) is 56.6 cm³/mol. The van der Waals surface area contributed by atoms with E-state index in [2.05, 4.69) is 21.1 Å². The number of hydrogen-bond acceptors (Lipinski definition) is 1. The molecule has 0 aromatic heterocycles. The molecule has 78 valence electrons. The molecule has 0 aliphatic rings. The molecule has 0 saturated carbocycles. The van der Waals surface area contributed by atoms with Crippen LogP contribution in [0.3, 0.4) is 0 Å². The minimum Gasteiger partial charge on any atom is -0.331 e. The quantitative estimate of drug-likeness (QED) is 0.458. The van der Waals surface area contributed by atoms with Crippen molar-refractivity contribution >= 4 is 5.78 Å². The molecule has 0 aromatic rings. The molecule has 2 heteroatoms. The van der Waals surface area contributed by atoms with E-state index >= 15 is 0 Å². The zero-order valence-corrected chi connectivity index (χ0v) is 9.76. The molecule has 0 N–H and O–H groups in total. The number of unbranched alkanes of at least 4 members (excludes halogenated alkanes) is 1. The van der Waals surface area contributed by atoms with E-state index < -0.39 is 0 Å². The number of Topliss-reactive ketones (excluding diaryl/α,β-unsaturated/α-hetero) is 1. The predicted octanol–water partition coefficient (Wildman–Crippen LogP) is 2.09. The van der Waals surface area contributed by atoms with Gasteiger partial charge in [0.25, 0.3) is 0 Å². The summed E-state index contributed by atoms with van der Waals surface area (Å²) >= 11 is 0. The number of carbonyl (C=O) groups excluding carboxylic acids is 1. The highest BCUT2D eigenvalue weighted by Gasteiger charge is 2.09. The van der Waals surface area contributed by atoms with Gasteiger partial charge in [-0.1, -0.05) is 13.8 Å². The van der Waals surface area contributed by atoms with Crippen LogP contribution < -0.4 is 0 Å². The van der Waals surface area contributed by atoms with Gasteiger partial charge >= 0.3 is 0 Å². The van der Waals surface area contributed by atoms with Gasteiger partial charge < -0.3 is 4.48 Å². The van der Waals surface area contributed by atoms with Gasteiger partial charge in [-0.15, -0.1) is 0 Å². The van der Waals surface area contributed by atoms with Gasteiger partial charge in [0.15, 0.2) is 0 Å². The minimum atomic E-state index is 0.212. The van der Waals surface area contributed by atoms with Gasteiger partial charge in [0.05, 0.1) is 27.7 Å². The maximum atomic E-state index is 11.3. The first-order valence-electron chi connectivity index (χ1n) is 5.16. The second-order valence-electron chi connectivity index (χ2n) is 5.09. The van der Waals surface area contributed by atoms with Gasteiger partial charge in [0.2, 0.25) is 0 Å². The second-order valence-corrected chi connectivity index (χ2v) is 5.09. The maximum absolute atomic E-state index is 11.3.